The van der Waals surface area contributed by atoms with Crippen LogP contribution in [0.2, 0.25) is 0 Å². The van der Waals surface area contributed by atoms with Crippen molar-refractivity contribution < 1.29 is 4.79 Å². The second-order valence-electron chi connectivity index (χ2n) is 7.27. The van der Waals surface area contributed by atoms with Crippen molar-refractivity contribution in [2.75, 3.05) is 19.6 Å². The predicted octanol–water partition coefficient (Wildman–Crippen LogP) is 3.30. The number of hydrogen-bond donors (Lipinski definition) is 1. The Kier molecular flexibility index (Phi) is 7.57. The average molecular weight is 282 g/mol. The Morgan fingerprint density at radius 1 is 1.10 bits per heavy atom. The van der Waals surface area contributed by atoms with E-state index < -0.39 is 0 Å². The van der Waals surface area contributed by atoms with Gasteiger partial charge in [-0.2, -0.15) is 0 Å². The molecule has 1 heterocycles. The van der Waals surface area contributed by atoms with E-state index in [9.17, 15) is 4.79 Å². The second-order valence-corrected chi connectivity index (χ2v) is 7.27. The van der Waals surface area contributed by atoms with Crippen LogP contribution in [-0.2, 0) is 4.79 Å². The molecule has 1 N–H and O–H groups in total. The molecule has 0 saturated carbocycles. The van der Waals surface area contributed by atoms with E-state index in [0.29, 0.717) is 23.8 Å². The topological polar surface area (TPSA) is 32.3 Å². The zero-order chi connectivity index (χ0) is 15.1. The maximum Gasteiger partial charge on any atom is 0.226 e. The van der Waals surface area contributed by atoms with Gasteiger partial charge < -0.3 is 10.2 Å². The average Bonchev–Trinajstić information content (AvgIpc) is 2.38. The summed E-state index contributed by atoms with van der Waals surface area (Å²) >= 11 is 0. The van der Waals surface area contributed by atoms with Crippen LogP contribution in [0.15, 0.2) is 0 Å². The quantitative estimate of drug-likeness (QED) is 0.777. The van der Waals surface area contributed by atoms with Gasteiger partial charge in [-0.3, -0.25) is 4.79 Å². The van der Waals surface area contributed by atoms with E-state index in [0.717, 1.165) is 45.3 Å². The monoisotopic (exact) mass is 282 g/mol. The lowest BCUT2D eigenvalue weighted by Gasteiger charge is -2.32. The maximum atomic E-state index is 12.7. The number of amides is 1. The molecule has 3 nitrogen and oxygen atoms in total. The summed E-state index contributed by atoms with van der Waals surface area (Å²) in [6.45, 7) is 13.8. The van der Waals surface area contributed by atoms with Gasteiger partial charge in [-0.25, -0.2) is 0 Å². The van der Waals surface area contributed by atoms with Gasteiger partial charge in [0.1, 0.15) is 0 Å². The third-order valence-corrected chi connectivity index (χ3v) is 4.27. The van der Waals surface area contributed by atoms with Crippen LogP contribution in [0.3, 0.4) is 0 Å². The number of carbonyl (C=O) groups is 1. The molecule has 0 aromatic heterocycles. The lowest BCUT2D eigenvalue weighted by molar-refractivity contribution is -0.136. The molecule has 3 heteroatoms. The van der Waals surface area contributed by atoms with Crippen molar-refractivity contribution in [2.45, 2.75) is 66.3 Å². The lowest BCUT2D eigenvalue weighted by atomic mass is 9.93. The molecule has 1 aliphatic heterocycles. The van der Waals surface area contributed by atoms with Gasteiger partial charge >= 0.3 is 0 Å². The highest BCUT2D eigenvalue weighted by atomic mass is 16.2. The van der Waals surface area contributed by atoms with E-state index in [1.807, 2.05) is 0 Å². The van der Waals surface area contributed by atoms with Gasteiger partial charge in [-0.05, 0) is 44.4 Å². The Hall–Kier alpha value is -0.570. The van der Waals surface area contributed by atoms with E-state index in [4.69, 9.17) is 0 Å². The summed E-state index contributed by atoms with van der Waals surface area (Å²) in [7, 11) is 0. The highest BCUT2D eigenvalue weighted by Crippen LogP contribution is 2.18. The Morgan fingerprint density at radius 3 is 2.05 bits per heavy atom. The van der Waals surface area contributed by atoms with Gasteiger partial charge in [0.05, 0.1) is 5.92 Å². The largest absolute Gasteiger partial charge is 0.342 e. The SMILES string of the molecule is CC(C)CCN(CCC(C)C)C(=O)C1CCC(C)NC1. The van der Waals surface area contributed by atoms with Crippen molar-refractivity contribution in [3.8, 4) is 0 Å². The van der Waals surface area contributed by atoms with Gasteiger partial charge in [0.25, 0.3) is 0 Å². The van der Waals surface area contributed by atoms with Crippen molar-refractivity contribution in [1.29, 1.82) is 0 Å². The van der Waals surface area contributed by atoms with Crippen LogP contribution >= 0.6 is 0 Å². The van der Waals surface area contributed by atoms with E-state index in [-0.39, 0.29) is 5.92 Å². The van der Waals surface area contributed by atoms with Gasteiger partial charge in [0.2, 0.25) is 5.91 Å². The highest BCUT2D eigenvalue weighted by molar-refractivity contribution is 5.79. The van der Waals surface area contributed by atoms with Crippen molar-refractivity contribution >= 4 is 5.91 Å². The molecule has 0 aromatic rings. The van der Waals surface area contributed by atoms with E-state index in [1.54, 1.807) is 0 Å². The van der Waals surface area contributed by atoms with Crippen LogP contribution in [-0.4, -0.2) is 36.5 Å². The maximum absolute atomic E-state index is 12.7. The number of carbonyl (C=O) groups excluding carboxylic acids is 1. The fourth-order valence-corrected chi connectivity index (χ4v) is 2.63. The Balaban J connectivity index is 2.53. The molecule has 1 saturated heterocycles. The van der Waals surface area contributed by atoms with Crippen LogP contribution in [0.1, 0.15) is 60.3 Å². The van der Waals surface area contributed by atoms with Gasteiger partial charge in [0.15, 0.2) is 0 Å². The molecule has 20 heavy (non-hydrogen) atoms. The molecule has 0 bridgehead atoms. The van der Waals surface area contributed by atoms with Crippen molar-refractivity contribution in [1.82, 2.24) is 10.2 Å². The number of nitrogens with one attached hydrogen (secondary N) is 1. The molecule has 1 fully saturated rings. The van der Waals surface area contributed by atoms with Crippen molar-refractivity contribution in [3.05, 3.63) is 0 Å². The minimum Gasteiger partial charge on any atom is -0.342 e. The first-order valence-electron chi connectivity index (χ1n) is 8.42. The standard InChI is InChI=1S/C17H34N2O/c1-13(2)8-10-19(11-9-14(3)4)17(20)16-7-6-15(5)18-12-16/h13-16,18H,6-12H2,1-5H3. The number of hydrogen-bond acceptors (Lipinski definition) is 2. The zero-order valence-corrected chi connectivity index (χ0v) is 14.1. The molecule has 2 atom stereocenters. The van der Waals surface area contributed by atoms with Gasteiger partial charge in [-0.1, -0.05) is 27.7 Å². The summed E-state index contributed by atoms with van der Waals surface area (Å²) in [5.74, 6) is 1.90. The zero-order valence-electron chi connectivity index (χ0n) is 14.1. The molecule has 0 aliphatic carbocycles. The summed E-state index contributed by atoms with van der Waals surface area (Å²) in [4.78, 5) is 14.8. The fraction of sp³-hybridized carbons (Fsp3) is 0.941. The molecular formula is C17H34N2O. The highest BCUT2D eigenvalue weighted by Gasteiger charge is 2.27. The summed E-state index contributed by atoms with van der Waals surface area (Å²) in [5, 5.41) is 3.45. The number of piperidine rings is 1. The number of rotatable bonds is 7. The van der Waals surface area contributed by atoms with E-state index in [1.165, 1.54) is 0 Å². The minimum atomic E-state index is 0.200. The molecule has 2 unspecified atom stereocenters. The molecule has 1 rings (SSSR count). The predicted molar refractivity (Wildman–Crippen MR) is 85.7 cm³/mol. The Bertz CT molecular complexity index is 269. The van der Waals surface area contributed by atoms with Crippen molar-refractivity contribution in [2.24, 2.45) is 17.8 Å². The molecule has 1 aliphatic rings. The Morgan fingerprint density at radius 2 is 1.65 bits per heavy atom. The van der Waals surface area contributed by atoms with Crippen LogP contribution in [0.5, 0.6) is 0 Å². The smallest absolute Gasteiger partial charge is 0.226 e. The summed E-state index contributed by atoms with van der Waals surface area (Å²) in [5.41, 5.74) is 0. The fourth-order valence-electron chi connectivity index (χ4n) is 2.63. The number of nitrogens with zero attached hydrogens (tertiary/aromatic N) is 1. The van der Waals surface area contributed by atoms with Crippen LogP contribution in [0.25, 0.3) is 0 Å². The summed E-state index contributed by atoms with van der Waals surface area (Å²) < 4.78 is 0. The third-order valence-electron chi connectivity index (χ3n) is 4.27. The molecule has 0 spiro atoms. The van der Waals surface area contributed by atoms with Crippen LogP contribution in [0, 0.1) is 17.8 Å². The van der Waals surface area contributed by atoms with E-state index >= 15 is 0 Å². The first kappa shape index (κ1) is 17.5. The molecule has 0 aromatic carbocycles. The van der Waals surface area contributed by atoms with Crippen LogP contribution in [0.4, 0.5) is 0 Å². The third kappa shape index (κ3) is 6.25. The molecule has 1 amide bonds. The molecule has 0 radical (unpaired) electrons. The summed E-state index contributed by atoms with van der Waals surface area (Å²) in [6.07, 6.45) is 4.40. The van der Waals surface area contributed by atoms with E-state index in [2.05, 4.69) is 44.8 Å². The Labute approximate surface area is 125 Å². The second kappa shape index (κ2) is 8.66. The van der Waals surface area contributed by atoms with Crippen molar-refractivity contribution in [3.63, 3.8) is 0 Å². The normalized spacial score (nSPS) is 23.4. The van der Waals surface area contributed by atoms with Crippen LogP contribution < -0.4 is 5.32 Å². The first-order chi connectivity index (χ1) is 9.40. The van der Waals surface area contributed by atoms with Gasteiger partial charge in [0, 0.05) is 25.7 Å². The minimum absolute atomic E-state index is 0.200. The summed E-state index contributed by atoms with van der Waals surface area (Å²) in [6, 6.07) is 0.568. The van der Waals surface area contributed by atoms with Gasteiger partial charge in [-0.15, -0.1) is 0 Å². The first-order valence-corrected chi connectivity index (χ1v) is 8.42. The lowest BCUT2D eigenvalue weighted by Crippen LogP contribution is -2.46. The molecular weight excluding hydrogens is 248 g/mol. The molecule has 118 valence electrons.